The number of unbranched alkanes of at least 4 members (excludes halogenated alkanes) is 1. The van der Waals surface area contributed by atoms with Gasteiger partial charge in [0.05, 0.1) is 4.90 Å². The summed E-state index contributed by atoms with van der Waals surface area (Å²) in [5, 5.41) is 0. The van der Waals surface area contributed by atoms with E-state index in [1.165, 1.54) is 0 Å². The summed E-state index contributed by atoms with van der Waals surface area (Å²) in [5.74, 6) is 1.64. The summed E-state index contributed by atoms with van der Waals surface area (Å²) in [6, 6.07) is 14.5. The highest BCUT2D eigenvalue weighted by Gasteiger charge is 2.21. The fourth-order valence-corrected chi connectivity index (χ4v) is 4.09. The molecule has 0 atom stereocenters. The Morgan fingerprint density at radius 3 is 2.09 bits per heavy atom. The molecule has 0 bridgehead atoms. The molecule has 178 valence electrons. The second-order valence-electron chi connectivity index (χ2n) is 9.37. The molecular weight excluding hydrogens is 422 g/mol. The Morgan fingerprint density at radius 1 is 0.844 bits per heavy atom. The molecule has 32 heavy (non-hydrogen) atoms. The van der Waals surface area contributed by atoms with Gasteiger partial charge in [0.25, 0.3) is 0 Å². The first-order valence-electron chi connectivity index (χ1n) is 11.5. The normalized spacial score (nSPS) is 12.6. The number of benzene rings is 2. The van der Waals surface area contributed by atoms with E-state index in [1.807, 2.05) is 12.1 Å². The molecule has 0 unspecified atom stereocenters. The zero-order valence-electron chi connectivity index (χ0n) is 20.4. The van der Waals surface area contributed by atoms with E-state index in [1.54, 1.807) is 30.3 Å². The molecule has 1 N–H and O–H groups in total. The molecule has 0 aliphatic carbocycles. The van der Waals surface area contributed by atoms with Crippen LogP contribution in [0.3, 0.4) is 0 Å². The van der Waals surface area contributed by atoms with Gasteiger partial charge in [0, 0.05) is 12.6 Å². The molecule has 0 spiro atoms. The first-order chi connectivity index (χ1) is 15.0. The molecule has 5 nitrogen and oxygen atoms in total. The summed E-state index contributed by atoms with van der Waals surface area (Å²) in [6.07, 6.45) is 4.19. The minimum absolute atomic E-state index is 0.241. The van der Waals surface area contributed by atoms with Crippen LogP contribution >= 0.6 is 0 Å². The predicted molar refractivity (Wildman–Crippen MR) is 131 cm³/mol. The molecular formula is C26H39NO4S. The van der Waals surface area contributed by atoms with E-state index in [-0.39, 0.29) is 11.2 Å². The van der Waals surface area contributed by atoms with Crippen molar-refractivity contribution < 1.29 is 17.9 Å². The third-order valence-electron chi connectivity index (χ3n) is 5.74. The van der Waals surface area contributed by atoms with Crippen molar-refractivity contribution in [3.8, 4) is 11.5 Å². The van der Waals surface area contributed by atoms with E-state index in [9.17, 15) is 8.42 Å². The lowest BCUT2D eigenvalue weighted by Gasteiger charge is -2.29. The van der Waals surface area contributed by atoms with Gasteiger partial charge in [0.15, 0.2) is 0 Å². The minimum Gasteiger partial charge on any atom is -0.488 e. The summed E-state index contributed by atoms with van der Waals surface area (Å²) >= 11 is 0. The van der Waals surface area contributed by atoms with Crippen LogP contribution < -0.4 is 14.2 Å². The van der Waals surface area contributed by atoms with Gasteiger partial charge in [-0.2, -0.15) is 0 Å². The minimum atomic E-state index is -3.46. The molecule has 2 rings (SSSR count). The van der Waals surface area contributed by atoms with E-state index in [0.29, 0.717) is 11.4 Å². The molecule has 0 aromatic heterocycles. The van der Waals surface area contributed by atoms with Crippen molar-refractivity contribution in [1.82, 2.24) is 4.72 Å². The molecule has 0 saturated carbocycles. The zero-order valence-corrected chi connectivity index (χ0v) is 21.2. The Bertz CT molecular complexity index is 953. The number of rotatable bonds is 13. The Labute approximate surface area is 194 Å². The highest BCUT2D eigenvalue weighted by molar-refractivity contribution is 7.89. The lowest BCUT2D eigenvalue weighted by Crippen LogP contribution is -2.28. The van der Waals surface area contributed by atoms with E-state index < -0.39 is 10.0 Å². The van der Waals surface area contributed by atoms with Crippen molar-refractivity contribution in [1.29, 1.82) is 0 Å². The van der Waals surface area contributed by atoms with Crippen molar-refractivity contribution in [3.05, 3.63) is 54.1 Å². The number of hydrogen-bond donors (Lipinski definition) is 1. The van der Waals surface area contributed by atoms with Crippen molar-refractivity contribution in [3.63, 3.8) is 0 Å². The fourth-order valence-electron chi connectivity index (χ4n) is 2.99. The molecule has 0 aliphatic rings. The Morgan fingerprint density at radius 2 is 1.47 bits per heavy atom. The average molecular weight is 462 g/mol. The molecule has 0 heterocycles. The molecule has 0 saturated heterocycles. The molecule has 6 heteroatoms. The molecule has 2 aromatic rings. The molecule has 0 aliphatic heterocycles. The summed E-state index contributed by atoms with van der Waals surface area (Å²) in [6.45, 7) is 12.9. The first kappa shape index (κ1) is 26.2. The van der Waals surface area contributed by atoms with E-state index in [0.717, 1.165) is 49.2 Å². The number of aryl methyl sites for hydroxylation is 1. The van der Waals surface area contributed by atoms with Crippen LogP contribution in [-0.2, 0) is 16.4 Å². The number of nitrogens with one attached hydrogen (secondary N) is 1. The van der Waals surface area contributed by atoms with Gasteiger partial charge < -0.3 is 9.47 Å². The van der Waals surface area contributed by atoms with Crippen LogP contribution in [0.4, 0.5) is 0 Å². The maximum atomic E-state index is 12.3. The lowest BCUT2D eigenvalue weighted by atomic mass is 10.0. The summed E-state index contributed by atoms with van der Waals surface area (Å²) < 4.78 is 39.9. The van der Waals surface area contributed by atoms with Gasteiger partial charge >= 0.3 is 0 Å². The monoisotopic (exact) mass is 461 g/mol. The van der Waals surface area contributed by atoms with Crippen LogP contribution in [-0.4, -0.2) is 26.2 Å². The Kier molecular flexibility index (Phi) is 9.17. The third kappa shape index (κ3) is 8.14. The second kappa shape index (κ2) is 11.2. The van der Waals surface area contributed by atoms with E-state index >= 15 is 0 Å². The molecule has 0 amide bonds. The van der Waals surface area contributed by atoms with E-state index in [2.05, 4.69) is 52.3 Å². The topological polar surface area (TPSA) is 64.6 Å². The van der Waals surface area contributed by atoms with Gasteiger partial charge in [-0.3, -0.25) is 0 Å². The maximum absolute atomic E-state index is 12.3. The van der Waals surface area contributed by atoms with Crippen LogP contribution in [0.5, 0.6) is 11.5 Å². The Balaban J connectivity index is 2.01. The van der Waals surface area contributed by atoms with Crippen LogP contribution in [0.1, 0.15) is 72.8 Å². The van der Waals surface area contributed by atoms with Gasteiger partial charge in [0.2, 0.25) is 10.0 Å². The fraction of sp³-hybridized carbons (Fsp3) is 0.538. The average Bonchev–Trinajstić information content (AvgIpc) is 2.75. The van der Waals surface area contributed by atoms with Crippen molar-refractivity contribution in [2.45, 2.75) is 89.7 Å². The van der Waals surface area contributed by atoms with Gasteiger partial charge in [-0.15, -0.1) is 0 Å². The van der Waals surface area contributed by atoms with Crippen molar-refractivity contribution in [2.24, 2.45) is 0 Å². The molecule has 0 radical (unpaired) electrons. The smallest absolute Gasteiger partial charge is 0.240 e. The SMILES string of the molecule is CCC(C)(C)Oc1ccc(CCCCNS(=O)(=O)c2ccccc2)c(OC(C)(C)CC)c1. The zero-order chi connectivity index (χ0) is 23.8. The number of ether oxygens (including phenoxy) is 2. The van der Waals surface area contributed by atoms with Crippen LogP contribution in [0.2, 0.25) is 0 Å². The van der Waals surface area contributed by atoms with Crippen molar-refractivity contribution in [2.75, 3.05) is 6.54 Å². The van der Waals surface area contributed by atoms with E-state index in [4.69, 9.17) is 9.47 Å². The van der Waals surface area contributed by atoms with Gasteiger partial charge in [-0.1, -0.05) is 38.1 Å². The van der Waals surface area contributed by atoms with Crippen LogP contribution in [0.25, 0.3) is 0 Å². The Hall–Kier alpha value is -2.05. The lowest BCUT2D eigenvalue weighted by molar-refractivity contribution is 0.0952. The second-order valence-corrected chi connectivity index (χ2v) is 11.1. The van der Waals surface area contributed by atoms with Crippen molar-refractivity contribution >= 4 is 10.0 Å². The summed E-state index contributed by atoms with van der Waals surface area (Å²) in [7, 11) is -3.46. The molecule has 0 fully saturated rings. The molecule has 2 aromatic carbocycles. The van der Waals surface area contributed by atoms with Crippen LogP contribution in [0, 0.1) is 0 Å². The first-order valence-corrected chi connectivity index (χ1v) is 13.0. The number of sulfonamides is 1. The quantitative estimate of drug-likeness (QED) is 0.365. The maximum Gasteiger partial charge on any atom is 0.240 e. The highest BCUT2D eigenvalue weighted by Crippen LogP contribution is 2.32. The predicted octanol–water partition coefficient (Wildman–Crippen LogP) is 6.12. The largest absolute Gasteiger partial charge is 0.488 e. The van der Waals surface area contributed by atoms with Gasteiger partial charge in [-0.25, -0.2) is 13.1 Å². The third-order valence-corrected chi connectivity index (χ3v) is 7.22. The van der Waals surface area contributed by atoms with Gasteiger partial charge in [0.1, 0.15) is 22.7 Å². The highest BCUT2D eigenvalue weighted by atomic mass is 32.2. The number of hydrogen-bond acceptors (Lipinski definition) is 4. The van der Waals surface area contributed by atoms with Crippen LogP contribution in [0.15, 0.2) is 53.4 Å². The standard InChI is InChI=1S/C26H39NO4S/c1-7-25(3,4)30-22-18-17-21(24(20-22)31-26(5,6)8-2)14-12-13-19-27-32(28,29)23-15-10-9-11-16-23/h9-11,15-18,20,27H,7-8,12-14,19H2,1-6H3. The van der Waals surface area contributed by atoms with Gasteiger partial charge in [-0.05, 0) is 83.6 Å². The summed E-state index contributed by atoms with van der Waals surface area (Å²) in [4.78, 5) is 0.295. The summed E-state index contributed by atoms with van der Waals surface area (Å²) in [5.41, 5.74) is 0.590.